The predicted octanol–water partition coefficient (Wildman–Crippen LogP) is 3.13. The van der Waals surface area contributed by atoms with Crippen molar-refractivity contribution in [3.8, 4) is 0 Å². The van der Waals surface area contributed by atoms with Crippen molar-refractivity contribution in [1.82, 2.24) is 14.8 Å². The second kappa shape index (κ2) is 7.45. The summed E-state index contributed by atoms with van der Waals surface area (Å²) in [6, 6.07) is 8.99. The van der Waals surface area contributed by atoms with Crippen LogP contribution in [-0.4, -0.2) is 29.5 Å². The smallest absolute Gasteiger partial charge is 0.194 e. The molecule has 0 amide bonds. The van der Waals surface area contributed by atoms with Gasteiger partial charge in [0.25, 0.3) is 0 Å². The van der Waals surface area contributed by atoms with E-state index in [0.29, 0.717) is 12.1 Å². The largest absolute Gasteiger partial charge is 0.353 e. The highest BCUT2D eigenvalue weighted by atomic mass is 79.9. The van der Waals surface area contributed by atoms with Crippen molar-refractivity contribution in [3.05, 3.63) is 58.1 Å². The van der Waals surface area contributed by atoms with Crippen LogP contribution < -0.4 is 5.32 Å². The molecule has 2 rings (SSSR count). The molecule has 1 N–H and O–H groups in total. The van der Waals surface area contributed by atoms with Gasteiger partial charge in [-0.3, -0.25) is 4.99 Å². The van der Waals surface area contributed by atoms with Gasteiger partial charge in [0.05, 0.1) is 6.54 Å². The number of nitrogens with zero attached hydrogens (tertiary/aromatic N) is 3. The van der Waals surface area contributed by atoms with E-state index in [4.69, 9.17) is 0 Å². The van der Waals surface area contributed by atoms with Crippen molar-refractivity contribution in [2.45, 2.75) is 13.1 Å². The van der Waals surface area contributed by atoms with Gasteiger partial charge in [-0.05, 0) is 30.3 Å². The Kier molecular flexibility index (Phi) is 5.60. The van der Waals surface area contributed by atoms with Crippen LogP contribution in [0.1, 0.15) is 11.3 Å². The third kappa shape index (κ3) is 4.10. The normalized spacial score (nSPS) is 11.6. The third-order valence-corrected chi connectivity index (χ3v) is 3.96. The average Bonchev–Trinajstić information content (AvgIpc) is 2.88. The van der Waals surface area contributed by atoms with E-state index in [-0.39, 0.29) is 5.82 Å². The molecule has 1 aromatic heterocycles. The Morgan fingerprint density at radius 2 is 2.18 bits per heavy atom. The molecule has 4 nitrogen and oxygen atoms in total. The Bertz CT molecular complexity index is 666. The number of nitrogens with one attached hydrogen (secondary N) is 1. The predicted molar refractivity (Wildman–Crippen MR) is 91.2 cm³/mol. The zero-order chi connectivity index (χ0) is 16.1. The van der Waals surface area contributed by atoms with Gasteiger partial charge in [0.2, 0.25) is 0 Å². The number of rotatable bonds is 4. The second-order valence-corrected chi connectivity index (χ2v) is 6.02. The van der Waals surface area contributed by atoms with Crippen LogP contribution in [0.4, 0.5) is 4.39 Å². The summed E-state index contributed by atoms with van der Waals surface area (Å²) in [4.78, 5) is 6.26. The Morgan fingerprint density at radius 1 is 1.41 bits per heavy atom. The van der Waals surface area contributed by atoms with E-state index in [1.54, 1.807) is 19.2 Å². The van der Waals surface area contributed by atoms with Crippen LogP contribution in [0, 0.1) is 5.82 Å². The van der Waals surface area contributed by atoms with Gasteiger partial charge in [0.1, 0.15) is 5.82 Å². The third-order valence-electron chi connectivity index (χ3n) is 3.47. The molecule has 2 aromatic rings. The minimum Gasteiger partial charge on any atom is -0.353 e. The summed E-state index contributed by atoms with van der Waals surface area (Å²) in [6.07, 6.45) is 2.01. The number of benzene rings is 1. The lowest BCUT2D eigenvalue weighted by Gasteiger charge is -2.22. The first-order valence-electron chi connectivity index (χ1n) is 6.97. The lowest BCUT2D eigenvalue weighted by atomic mass is 10.2. The van der Waals surface area contributed by atoms with E-state index in [0.717, 1.165) is 17.0 Å². The molecular formula is C16H20BrFN4. The zero-order valence-electron chi connectivity index (χ0n) is 13.0. The average molecular weight is 367 g/mol. The molecule has 6 heteroatoms. The highest BCUT2D eigenvalue weighted by molar-refractivity contribution is 9.10. The fraction of sp³-hybridized carbons (Fsp3) is 0.312. The van der Waals surface area contributed by atoms with Crippen LogP contribution in [0.25, 0.3) is 0 Å². The van der Waals surface area contributed by atoms with Crippen LogP contribution in [-0.2, 0) is 20.1 Å². The molecule has 0 aliphatic rings. The van der Waals surface area contributed by atoms with Gasteiger partial charge in [-0.25, -0.2) is 4.39 Å². The monoisotopic (exact) mass is 366 g/mol. The van der Waals surface area contributed by atoms with Crippen molar-refractivity contribution < 1.29 is 4.39 Å². The first-order valence-corrected chi connectivity index (χ1v) is 7.76. The second-order valence-electron chi connectivity index (χ2n) is 5.10. The van der Waals surface area contributed by atoms with Gasteiger partial charge >= 0.3 is 0 Å². The molecule has 22 heavy (non-hydrogen) atoms. The Balaban J connectivity index is 2.00. The zero-order valence-corrected chi connectivity index (χ0v) is 14.6. The summed E-state index contributed by atoms with van der Waals surface area (Å²) < 4.78 is 16.7. The van der Waals surface area contributed by atoms with Crippen LogP contribution in [0.2, 0.25) is 0 Å². The van der Waals surface area contributed by atoms with Crippen molar-refractivity contribution in [1.29, 1.82) is 0 Å². The quantitative estimate of drug-likeness (QED) is 0.665. The molecule has 118 valence electrons. The number of guanidine groups is 1. The number of halogens is 2. The molecule has 0 aliphatic heterocycles. The van der Waals surface area contributed by atoms with Crippen LogP contribution in [0.5, 0.6) is 0 Å². The molecule has 0 radical (unpaired) electrons. The van der Waals surface area contributed by atoms with E-state index in [1.165, 1.54) is 11.8 Å². The summed E-state index contributed by atoms with van der Waals surface area (Å²) in [5.41, 5.74) is 1.78. The first kappa shape index (κ1) is 16.5. The first-order chi connectivity index (χ1) is 10.5. The summed E-state index contributed by atoms with van der Waals surface area (Å²) in [5.74, 6) is 0.497. The fourth-order valence-electron chi connectivity index (χ4n) is 2.22. The van der Waals surface area contributed by atoms with Crippen molar-refractivity contribution >= 4 is 21.9 Å². The van der Waals surface area contributed by atoms with Gasteiger partial charge in [-0.1, -0.05) is 15.9 Å². The Labute approximate surface area is 138 Å². The highest BCUT2D eigenvalue weighted by Gasteiger charge is 2.10. The number of hydrogen-bond acceptors (Lipinski definition) is 1. The summed E-state index contributed by atoms with van der Waals surface area (Å²) in [6.45, 7) is 1.11. The van der Waals surface area contributed by atoms with Crippen molar-refractivity contribution in [2.24, 2.45) is 12.0 Å². The lowest BCUT2D eigenvalue weighted by molar-refractivity contribution is 0.460. The Hall–Kier alpha value is -1.82. The fourth-order valence-corrected chi connectivity index (χ4v) is 2.62. The standard InChI is InChI=1S/C16H20BrFN4/c1-19-16(22(3)11-14-5-4-8-21(14)2)20-10-12-9-13(17)6-7-15(12)18/h4-9H,10-11H2,1-3H3,(H,19,20). The molecule has 0 saturated heterocycles. The maximum atomic E-state index is 13.8. The molecule has 0 spiro atoms. The number of aliphatic imine (C=N–C) groups is 1. The maximum Gasteiger partial charge on any atom is 0.194 e. The van der Waals surface area contributed by atoms with E-state index in [9.17, 15) is 4.39 Å². The van der Waals surface area contributed by atoms with Gasteiger partial charge < -0.3 is 14.8 Å². The SMILES string of the molecule is CN=C(NCc1cc(Br)ccc1F)N(C)Cc1cccn1C. The molecule has 0 fully saturated rings. The number of hydrogen-bond donors (Lipinski definition) is 1. The number of aryl methyl sites for hydroxylation is 1. The minimum atomic E-state index is -0.226. The van der Waals surface area contributed by atoms with Crippen LogP contribution in [0.15, 0.2) is 46.0 Å². The summed E-state index contributed by atoms with van der Waals surface area (Å²) >= 11 is 3.36. The summed E-state index contributed by atoms with van der Waals surface area (Å²) in [7, 11) is 5.69. The highest BCUT2D eigenvalue weighted by Crippen LogP contribution is 2.15. The summed E-state index contributed by atoms with van der Waals surface area (Å²) in [5, 5.41) is 3.19. The molecule has 0 bridgehead atoms. The Morgan fingerprint density at radius 3 is 2.82 bits per heavy atom. The van der Waals surface area contributed by atoms with Gasteiger partial charge in [-0.2, -0.15) is 0 Å². The molecule has 1 aromatic carbocycles. The molecule has 0 saturated carbocycles. The van der Waals surface area contributed by atoms with E-state index >= 15 is 0 Å². The van der Waals surface area contributed by atoms with Crippen LogP contribution >= 0.6 is 15.9 Å². The lowest BCUT2D eigenvalue weighted by Crippen LogP contribution is -2.38. The molecule has 0 unspecified atom stereocenters. The van der Waals surface area contributed by atoms with Crippen molar-refractivity contribution in [2.75, 3.05) is 14.1 Å². The van der Waals surface area contributed by atoms with Crippen molar-refractivity contribution in [3.63, 3.8) is 0 Å². The van der Waals surface area contributed by atoms with Gasteiger partial charge in [0.15, 0.2) is 5.96 Å². The van der Waals surface area contributed by atoms with E-state index < -0.39 is 0 Å². The molecule has 0 atom stereocenters. The van der Waals surface area contributed by atoms with Gasteiger partial charge in [0, 0.05) is 49.6 Å². The molecular weight excluding hydrogens is 347 g/mol. The minimum absolute atomic E-state index is 0.226. The number of aromatic nitrogens is 1. The van der Waals surface area contributed by atoms with Gasteiger partial charge in [-0.15, -0.1) is 0 Å². The molecule has 0 aliphatic carbocycles. The topological polar surface area (TPSA) is 32.6 Å². The van der Waals surface area contributed by atoms with Crippen LogP contribution in [0.3, 0.4) is 0 Å². The van der Waals surface area contributed by atoms with E-state index in [1.807, 2.05) is 31.3 Å². The van der Waals surface area contributed by atoms with E-state index in [2.05, 4.69) is 36.9 Å². The molecule has 1 heterocycles. The maximum absolute atomic E-state index is 13.8.